The van der Waals surface area contributed by atoms with Crippen LogP contribution in [-0.2, 0) is 32.6 Å². The molecule has 0 bridgehead atoms. The van der Waals surface area contributed by atoms with Crippen LogP contribution in [0.2, 0.25) is 10.0 Å². The minimum absolute atomic E-state index is 0.0414. The number of aryl methyl sites for hydroxylation is 1. The molecule has 1 N–H and O–H groups in total. The summed E-state index contributed by atoms with van der Waals surface area (Å²) in [4.78, 5) is 30.1. The van der Waals surface area contributed by atoms with E-state index in [4.69, 9.17) is 23.2 Å². The van der Waals surface area contributed by atoms with Gasteiger partial charge in [0.1, 0.15) is 12.6 Å². The van der Waals surface area contributed by atoms with E-state index in [0.29, 0.717) is 33.3 Å². The molecule has 10 heteroatoms. The zero-order valence-corrected chi connectivity index (χ0v) is 28.7. The number of halogens is 2. The number of nitrogens with zero attached hydrogens (tertiary/aromatic N) is 2. The first kappa shape index (κ1) is 35.0. The standard InChI is InChI=1S/C36H39Cl2N3O4S/c1-5-26(3)39-36(43)34(22-28-15-8-6-9-16-28)40(23-30-31(37)19-13-20-32(30)38)35(42)24-41(33-21-12-14-25(2)27(33)4)46(44,45)29-17-10-7-11-18-29/h6-21,26,34H,5,22-24H2,1-4H3,(H,39,43)/t26-,34+/m1/s1. The average molecular weight is 681 g/mol. The number of benzene rings is 4. The molecule has 0 heterocycles. The molecule has 7 nitrogen and oxygen atoms in total. The molecule has 2 atom stereocenters. The molecule has 46 heavy (non-hydrogen) atoms. The number of sulfonamides is 1. The summed E-state index contributed by atoms with van der Waals surface area (Å²) in [5.74, 6) is -0.949. The van der Waals surface area contributed by atoms with Gasteiger partial charge in [0.2, 0.25) is 11.8 Å². The summed E-state index contributed by atoms with van der Waals surface area (Å²) >= 11 is 13.2. The van der Waals surface area contributed by atoms with Crippen molar-refractivity contribution in [1.82, 2.24) is 10.2 Å². The Morgan fingerprint density at radius 1 is 0.826 bits per heavy atom. The van der Waals surface area contributed by atoms with E-state index in [0.717, 1.165) is 15.4 Å². The van der Waals surface area contributed by atoms with Crippen molar-refractivity contribution in [3.05, 3.63) is 129 Å². The van der Waals surface area contributed by atoms with Gasteiger partial charge in [-0.25, -0.2) is 8.42 Å². The summed E-state index contributed by atoms with van der Waals surface area (Å²) in [5, 5.41) is 3.68. The zero-order chi connectivity index (χ0) is 33.4. The van der Waals surface area contributed by atoms with Gasteiger partial charge in [-0.2, -0.15) is 0 Å². The number of amides is 2. The van der Waals surface area contributed by atoms with Crippen molar-refractivity contribution in [3.63, 3.8) is 0 Å². The van der Waals surface area contributed by atoms with Crippen molar-refractivity contribution in [3.8, 4) is 0 Å². The number of carbonyl (C=O) groups excluding carboxylic acids is 2. The van der Waals surface area contributed by atoms with Crippen molar-refractivity contribution in [2.24, 2.45) is 0 Å². The molecule has 0 radical (unpaired) electrons. The number of nitrogens with one attached hydrogen (secondary N) is 1. The molecule has 0 aromatic heterocycles. The third-order valence-corrected chi connectivity index (χ3v) is 10.6. The molecule has 0 spiro atoms. The number of rotatable bonds is 13. The van der Waals surface area contributed by atoms with Gasteiger partial charge in [-0.3, -0.25) is 13.9 Å². The van der Waals surface area contributed by atoms with E-state index >= 15 is 0 Å². The van der Waals surface area contributed by atoms with Crippen molar-refractivity contribution < 1.29 is 18.0 Å². The lowest BCUT2D eigenvalue weighted by Gasteiger charge is -2.35. The lowest BCUT2D eigenvalue weighted by Crippen LogP contribution is -2.54. The average Bonchev–Trinajstić information content (AvgIpc) is 3.04. The van der Waals surface area contributed by atoms with Gasteiger partial charge in [-0.15, -0.1) is 0 Å². The number of hydrogen-bond donors (Lipinski definition) is 1. The molecule has 0 aliphatic heterocycles. The Morgan fingerprint density at radius 2 is 1.41 bits per heavy atom. The highest BCUT2D eigenvalue weighted by Gasteiger charge is 2.36. The molecular weight excluding hydrogens is 641 g/mol. The summed E-state index contributed by atoms with van der Waals surface area (Å²) < 4.78 is 29.6. The van der Waals surface area contributed by atoms with E-state index in [9.17, 15) is 18.0 Å². The second-order valence-electron chi connectivity index (χ2n) is 11.3. The highest BCUT2D eigenvalue weighted by atomic mass is 35.5. The van der Waals surface area contributed by atoms with Crippen LogP contribution in [0.3, 0.4) is 0 Å². The monoisotopic (exact) mass is 679 g/mol. The molecule has 4 rings (SSSR count). The molecule has 0 unspecified atom stereocenters. The molecule has 4 aromatic carbocycles. The van der Waals surface area contributed by atoms with Gasteiger partial charge in [0.25, 0.3) is 10.0 Å². The Balaban J connectivity index is 1.87. The van der Waals surface area contributed by atoms with E-state index in [-0.39, 0.29) is 29.8 Å². The maximum Gasteiger partial charge on any atom is 0.264 e. The second kappa shape index (κ2) is 15.6. The van der Waals surface area contributed by atoms with Gasteiger partial charge in [-0.05, 0) is 74.2 Å². The van der Waals surface area contributed by atoms with Crippen LogP contribution in [0.4, 0.5) is 5.69 Å². The minimum Gasteiger partial charge on any atom is -0.352 e. The number of anilines is 1. The van der Waals surface area contributed by atoms with E-state index in [1.54, 1.807) is 48.5 Å². The van der Waals surface area contributed by atoms with Gasteiger partial charge in [0.15, 0.2) is 0 Å². The fourth-order valence-corrected chi connectivity index (χ4v) is 7.10. The Labute approximate surface area is 282 Å². The molecule has 4 aromatic rings. The zero-order valence-electron chi connectivity index (χ0n) is 26.4. The topological polar surface area (TPSA) is 86.8 Å². The predicted octanol–water partition coefficient (Wildman–Crippen LogP) is 7.36. The lowest BCUT2D eigenvalue weighted by molar-refractivity contribution is -0.140. The molecule has 242 valence electrons. The fourth-order valence-electron chi connectivity index (χ4n) is 5.09. The first-order chi connectivity index (χ1) is 21.9. The van der Waals surface area contributed by atoms with Gasteiger partial charge in [-0.1, -0.05) is 96.9 Å². The van der Waals surface area contributed by atoms with Crippen LogP contribution in [0.15, 0.2) is 102 Å². The third-order valence-electron chi connectivity index (χ3n) is 8.12. The molecule has 0 fully saturated rings. The van der Waals surface area contributed by atoms with Gasteiger partial charge in [0, 0.05) is 34.6 Å². The van der Waals surface area contributed by atoms with Crippen LogP contribution in [0.25, 0.3) is 0 Å². The van der Waals surface area contributed by atoms with Gasteiger partial charge < -0.3 is 10.2 Å². The molecular formula is C36H39Cl2N3O4S. The van der Waals surface area contributed by atoms with E-state index < -0.39 is 28.5 Å². The molecule has 0 saturated heterocycles. The van der Waals surface area contributed by atoms with Crippen LogP contribution < -0.4 is 9.62 Å². The first-order valence-electron chi connectivity index (χ1n) is 15.1. The molecule has 0 aliphatic carbocycles. The summed E-state index contributed by atoms with van der Waals surface area (Å²) in [5.41, 5.74) is 3.24. The number of hydrogen-bond acceptors (Lipinski definition) is 4. The van der Waals surface area contributed by atoms with Gasteiger partial charge >= 0.3 is 0 Å². The van der Waals surface area contributed by atoms with E-state index in [1.807, 2.05) is 64.1 Å². The maximum absolute atomic E-state index is 14.7. The van der Waals surface area contributed by atoms with Crippen LogP contribution in [0.5, 0.6) is 0 Å². The van der Waals surface area contributed by atoms with Crippen LogP contribution in [0.1, 0.15) is 42.5 Å². The third kappa shape index (κ3) is 8.29. The number of carbonyl (C=O) groups is 2. The molecule has 2 amide bonds. The largest absolute Gasteiger partial charge is 0.352 e. The Bertz CT molecular complexity index is 1750. The fraction of sp³-hybridized carbons (Fsp3) is 0.278. The molecule has 0 saturated carbocycles. The summed E-state index contributed by atoms with van der Waals surface area (Å²) in [6.07, 6.45) is 0.871. The second-order valence-corrected chi connectivity index (χ2v) is 14.0. The molecule has 0 aliphatic rings. The lowest BCUT2D eigenvalue weighted by atomic mass is 10.0. The van der Waals surface area contributed by atoms with Crippen molar-refractivity contribution in [2.75, 3.05) is 10.8 Å². The predicted molar refractivity (Wildman–Crippen MR) is 186 cm³/mol. The summed E-state index contributed by atoms with van der Waals surface area (Å²) in [7, 11) is -4.21. The highest BCUT2D eigenvalue weighted by Crippen LogP contribution is 2.31. The summed E-state index contributed by atoms with van der Waals surface area (Å²) in [6.45, 7) is 6.88. The van der Waals surface area contributed by atoms with E-state index in [2.05, 4.69) is 5.32 Å². The quantitative estimate of drug-likeness (QED) is 0.160. The first-order valence-corrected chi connectivity index (χ1v) is 17.3. The van der Waals surface area contributed by atoms with Crippen LogP contribution >= 0.6 is 23.2 Å². The normalized spacial score (nSPS) is 12.7. The highest BCUT2D eigenvalue weighted by molar-refractivity contribution is 7.92. The van der Waals surface area contributed by atoms with E-state index in [1.165, 1.54) is 17.0 Å². The van der Waals surface area contributed by atoms with Crippen LogP contribution in [0, 0.1) is 13.8 Å². The van der Waals surface area contributed by atoms with Crippen molar-refractivity contribution in [1.29, 1.82) is 0 Å². The Hall–Kier alpha value is -3.85. The van der Waals surface area contributed by atoms with Crippen molar-refractivity contribution in [2.45, 2.75) is 64.1 Å². The smallest absolute Gasteiger partial charge is 0.264 e. The van der Waals surface area contributed by atoms with Gasteiger partial charge in [0.05, 0.1) is 10.6 Å². The van der Waals surface area contributed by atoms with Crippen molar-refractivity contribution >= 4 is 50.7 Å². The summed E-state index contributed by atoms with van der Waals surface area (Å²) in [6, 6.07) is 26.6. The SMILES string of the molecule is CC[C@@H](C)NC(=O)[C@H](Cc1ccccc1)N(Cc1c(Cl)cccc1Cl)C(=O)CN(c1cccc(C)c1C)S(=O)(=O)c1ccccc1. The Kier molecular flexibility index (Phi) is 11.9. The maximum atomic E-state index is 14.7. The minimum atomic E-state index is -4.21. The Morgan fingerprint density at radius 3 is 2.02 bits per heavy atom. The van der Waals surface area contributed by atoms with Crippen LogP contribution in [-0.4, -0.2) is 43.8 Å².